The molecule has 4 rings (SSSR count). The number of hydrogen-bond donors (Lipinski definition) is 0. The van der Waals surface area contributed by atoms with Crippen molar-refractivity contribution in [2.75, 3.05) is 21.3 Å². The molecule has 182 valence electrons. The monoisotopic (exact) mass is 542 g/mol. The number of benzene rings is 2. The van der Waals surface area contributed by atoms with E-state index in [1.165, 1.54) is 21.3 Å². The predicted molar refractivity (Wildman–Crippen MR) is 129 cm³/mol. The third-order valence-corrected chi connectivity index (χ3v) is 5.83. The largest absolute Gasteiger partial charge is 0.493 e. The van der Waals surface area contributed by atoms with E-state index in [-0.39, 0.29) is 12.3 Å². The first kappa shape index (κ1) is 24.3. The van der Waals surface area contributed by atoms with E-state index in [1.807, 2.05) is 24.3 Å². The molecule has 2 aromatic carbocycles. The highest BCUT2D eigenvalue weighted by molar-refractivity contribution is 9.10. The molecule has 0 spiro atoms. The van der Waals surface area contributed by atoms with Gasteiger partial charge in [-0.15, -0.1) is 5.10 Å². The van der Waals surface area contributed by atoms with Gasteiger partial charge in [0.1, 0.15) is 18.1 Å². The molecule has 11 heteroatoms. The Balaban J connectivity index is 1.52. The predicted octanol–water partition coefficient (Wildman–Crippen LogP) is 4.68. The lowest BCUT2D eigenvalue weighted by Crippen LogP contribution is -2.09. The summed E-state index contributed by atoms with van der Waals surface area (Å²) in [6.45, 7) is 3.40. The van der Waals surface area contributed by atoms with Crippen molar-refractivity contribution in [2.45, 2.75) is 20.5 Å². The highest BCUT2D eigenvalue weighted by Gasteiger charge is 2.22. The summed E-state index contributed by atoms with van der Waals surface area (Å²) < 4.78 is 29.9. The molecule has 4 aromatic rings. The van der Waals surface area contributed by atoms with Crippen molar-refractivity contribution in [1.29, 1.82) is 0 Å². The molecule has 0 radical (unpaired) electrons. The van der Waals surface area contributed by atoms with Crippen LogP contribution in [-0.2, 0) is 11.3 Å². The fraction of sp³-hybridized carbons (Fsp3) is 0.250. The Morgan fingerprint density at radius 1 is 1.03 bits per heavy atom. The lowest BCUT2D eigenvalue weighted by atomic mass is 10.2. The number of aromatic nitrogens is 4. The van der Waals surface area contributed by atoms with Crippen molar-refractivity contribution in [2.24, 2.45) is 0 Å². The van der Waals surface area contributed by atoms with Crippen molar-refractivity contribution >= 4 is 21.9 Å². The maximum atomic E-state index is 12.7. The maximum absolute atomic E-state index is 12.7. The van der Waals surface area contributed by atoms with Crippen LogP contribution in [0.4, 0.5) is 0 Å². The minimum Gasteiger partial charge on any atom is -0.493 e. The molecule has 35 heavy (non-hydrogen) atoms. The molecule has 0 atom stereocenters. The van der Waals surface area contributed by atoms with Gasteiger partial charge in [0.15, 0.2) is 17.2 Å². The lowest BCUT2D eigenvalue weighted by Gasteiger charge is -2.12. The van der Waals surface area contributed by atoms with Crippen LogP contribution in [0.1, 0.15) is 27.6 Å². The van der Waals surface area contributed by atoms with Crippen LogP contribution in [0.25, 0.3) is 17.1 Å². The highest BCUT2D eigenvalue weighted by atomic mass is 79.9. The minimum absolute atomic E-state index is 0.0941. The van der Waals surface area contributed by atoms with Gasteiger partial charge >= 0.3 is 5.97 Å². The Kier molecular flexibility index (Phi) is 7.06. The van der Waals surface area contributed by atoms with Crippen molar-refractivity contribution in [1.82, 2.24) is 20.0 Å². The van der Waals surface area contributed by atoms with Gasteiger partial charge < -0.3 is 23.4 Å². The summed E-state index contributed by atoms with van der Waals surface area (Å²) in [6, 6.07) is 11.0. The normalized spacial score (nSPS) is 10.8. The summed E-state index contributed by atoms with van der Waals surface area (Å²) in [7, 11) is 4.59. The molecule has 10 nitrogen and oxygen atoms in total. The topological polar surface area (TPSA) is 111 Å². The Morgan fingerprint density at radius 2 is 1.69 bits per heavy atom. The number of nitrogens with zero attached hydrogens (tertiary/aromatic N) is 4. The number of rotatable bonds is 8. The average molecular weight is 543 g/mol. The summed E-state index contributed by atoms with van der Waals surface area (Å²) >= 11 is 3.40. The van der Waals surface area contributed by atoms with Gasteiger partial charge in [-0.3, -0.25) is 0 Å². The number of carbonyl (C=O) groups is 1. The van der Waals surface area contributed by atoms with E-state index >= 15 is 0 Å². The van der Waals surface area contributed by atoms with Crippen LogP contribution < -0.4 is 14.2 Å². The molecule has 0 N–H and O–H groups in total. The zero-order valence-corrected chi connectivity index (χ0v) is 21.4. The van der Waals surface area contributed by atoms with Crippen LogP contribution in [0.5, 0.6) is 17.2 Å². The zero-order valence-electron chi connectivity index (χ0n) is 19.8. The van der Waals surface area contributed by atoms with Crippen LogP contribution in [0.2, 0.25) is 0 Å². The van der Waals surface area contributed by atoms with Gasteiger partial charge in [-0.05, 0) is 50.2 Å². The molecule has 0 saturated heterocycles. The van der Waals surface area contributed by atoms with Gasteiger partial charge in [0.05, 0.1) is 32.7 Å². The minimum atomic E-state index is -0.609. The molecular weight excluding hydrogens is 520 g/mol. The van der Waals surface area contributed by atoms with Crippen molar-refractivity contribution < 1.29 is 28.2 Å². The van der Waals surface area contributed by atoms with E-state index in [4.69, 9.17) is 23.4 Å². The molecule has 0 amide bonds. The second-order valence-corrected chi connectivity index (χ2v) is 8.34. The van der Waals surface area contributed by atoms with Gasteiger partial charge in [-0.25, -0.2) is 14.5 Å². The van der Waals surface area contributed by atoms with Crippen LogP contribution >= 0.6 is 15.9 Å². The second-order valence-electron chi connectivity index (χ2n) is 7.42. The molecule has 2 aromatic heterocycles. The van der Waals surface area contributed by atoms with Crippen LogP contribution in [-0.4, -0.2) is 47.3 Å². The van der Waals surface area contributed by atoms with Gasteiger partial charge in [0, 0.05) is 10.0 Å². The van der Waals surface area contributed by atoms with Crippen molar-refractivity contribution in [3.8, 4) is 34.4 Å². The summed E-state index contributed by atoms with van der Waals surface area (Å²) in [4.78, 5) is 17.2. The number of ether oxygens (including phenoxy) is 4. The van der Waals surface area contributed by atoms with E-state index in [9.17, 15) is 4.79 Å². The Bertz CT molecular complexity index is 1340. The molecule has 0 bridgehead atoms. The number of hydrogen-bond acceptors (Lipinski definition) is 9. The van der Waals surface area contributed by atoms with Gasteiger partial charge in [0.2, 0.25) is 11.6 Å². The fourth-order valence-corrected chi connectivity index (χ4v) is 3.70. The number of methoxy groups -OCH3 is 3. The summed E-state index contributed by atoms with van der Waals surface area (Å²) in [5, 5.41) is 8.08. The zero-order chi connectivity index (χ0) is 25.1. The first-order valence-corrected chi connectivity index (χ1v) is 11.3. The number of aryl methyl sites for hydroxylation is 1. The van der Waals surface area contributed by atoms with Gasteiger partial charge in [0.25, 0.3) is 0 Å². The third kappa shape index (κ3) is 4.85. The Labute approximate surface area is 209 Å². The average Bonchev–Trinajstić information content (AvgIpc) is 3.44. The summed E-state index contributed by atoms with van der Waals surface area (Å²) in [6.07, 6.45) is 0. The number of halogens is 1. The highest BCUT2D eigenvalue weighted by Crippen LogP contribution is 2.41. The van der Waals surface area contributed by atoms with Gasteiger partial charge in [-0.2, -0.15) is 0 Å². The molecule has 0 aliphatic carbocycles. The summed E-state index contributed by atoms with van der Waals surface area (Å²) in [5.41, 5.74) is 2.55. The fourth-order valence-electron chi connectivity index (χ4n) is 3.44. The van der Waals surface area contributed by atoms with Crippen molar-refractivity contribution in [3.63, 3.8) is 0 Å². The van der Waals surface area contributed by atoms with Gasteiger partial charge in [-0.1, -0.05) is 21.1 Å². The molecule has 0 aliphatic heterocycles. The van der Waals surface area contributed by atoms with E-state index < -0.39 is 5.97 Å². The molecule has 0 unspecified atom stereocenters. The van der Waals surface area contributed by atoms with Crippen LogP contribution in [0.3, 0.4) is 0 Å². The van der Waals surface area contributed by atoms with E-state index in [2.05, 4.69) is 31.2 Å². The quantitative estimate of drug-likeness (QED) is 0.293. The maximum Gasteiger partial charge on any atom is 0.361 e. The smallest absolute Gasteiger partial charge is 0.361 e. The Hall–Kier alpha value is -3.86. The second kappa shape index (κ2) is 10.2. The van der Waals surface area contributed by atoms with Crippen LogP contribution in [0, 0.1) is 13.8 Å². The van der Waals surface area contributed by atoms with E-state index in [1.54, 1.807) is 30.7 Å². The van der Waals surface area contributed by atoms with Crippen molar-refractivity contribution in [3.05, 3.63) is 63.7 Å². The Morgan fingerprint density at radius 3 is 2.29 bits per heavy atom. The first-order valence-electron chi connectivity index (χ1n) is 10.5. The number of carbonyl (C=O) groups excluding carboxylic acids is 1. The third-order valence-electron chi connectivity index (χ3n) is 5.30. The molecule has 0 aliphatic rings. The summed E-state index contributed by atoms with van der Waals surface area (Å²) in [5.74, 6) is 1.62. The van der Waals surface area contributed by atoms with E-state index in [0.29, 0.717) is 45.9 Å². The SMILES string of the molecule is COc1cc(-c2nc(COC(=O)c3nnn(-c4ccc(Br)cc4)c3C)c(C)o2)cc(OC)c1OC. The lowest BCUT2D eigenvalue weighted by molar-refractivity contribution is 0.0459. The molecular formula is C24H23BrN4O6. The van der Waals surface area contributed by atoms with E-state index in [0.717, 1.165) is 10.2 Å². The van der Waals surface area contributed by atoms with Crippen LogP contribution in [0.15, 0.2) is 45.3 Å². The molecule has 2 heterocycles. The number of oxazole rings is 1. The number of esters is 1. The molecule has 0 saturated carbocycles. The standard InChI is InChI=1S/C24H23BrN4O6/c1-13-21(27-28-29(13)17-8-6-16(25)7-9-17)24(30)34-12-18-14(2)35-23(26-18)15-10-19(31-3)22(33-5)20(11-15)32-4/h6-11H,12H2,1-5H3. The molecule has 0 fully saturated rings. The first-order chi connectivity index (χ1) is 16.9.